The summed E-state index contributed by atoms with van der Waals surface area (Å²) in [7, 11) is 1.28. The highest BCUT2D eigenvalue weighted by Crippen LogP contribution is 2.29. The van der Waals surface area contributed by atoms with E-state index in [9.17, 15) is 9.59 Å². The van der Waals surface area contributed by atoms with Gasteiger partial charge in [0.15, 0.2) is 5.78 Å². The predicted octanol–water partition coefficient (Wildman–Crippen LogP) is 4.39. The third-order valence-electron chi connectivity index (χ3n) is 7.91. The number of nitriles is 1. The van der Waals surface area contributed by atoms with Crippen molar-refractivity contribution >= 4 is 11.9 Å². The van der Waals surface area contributed by atoms with Crippen LogP contribution in [0.25, 0.3) is 0 Å². The molecule has 0 radical (unpaired) electrons. The zero-order valence-electron chi connectivity index (χ0n) is 25.7. The second-order valence-electron chi connectivity index (χ2n) is 11.0. The Morgan fingerprint density at radius 3 is 2.20 bits per heavy atom. The molecule has 3 atom stereocenters. The maximum atomic E-state index is 14.1. The number of morpholine rings is 1. The first-order valence-electron chi connectivity index (χ1n) is 15.3. The van der Waals surface area contributed by atoms with Crippen LogP contribution >= 0.6 is 0 Å². The molecule has 2 N–H and O–H groups in total. The Hall–Kier alpha value is -5.11. The first kappa shape index (κ1) is 32.3. The highest BCUT2D eigenvalue weighted by atomic mass is 16.5. The standard InChI is InChI=1S/C36H37N5O5/c1-44-36(43)41-35(34(26-8-4-2-5-9-26)27-10-6-3-7-11-27)33(42)20-32-31(39-18-19-40-32)17-16-29-22-38-23-30(46-29)24-45-28-14-12-25(21-37)13-15-28/h2-15,18-19,29-30,34-35,38H,16-17,20,22-24H2,1H3,(H,41,43)/t29-,30+,35-/m1/s1. The third-order valence-corrected chi connectivity index (χ3v) is 7.91. The maximum Gasteiger partial charge on any atom is 0.407 e. The van der Waals surface area contributed by atoms with Crippen LogP contribution in [0.4, 0.5) is 4.79 Å². The van der Waals surface area contributed by atoms with Crippen molar-refractivity contribution in [2.75, 3.05) is 26.8 Å². The number of carbonyl (C=O) groups is 2. The summed E-state index contributed by atoms with van der Waals surface area (Å²) in [4.78, 5) is 35.7. The predicted molar refractivity (Wildman–Crippen MR) is 171 cm³/mol. The van der Waals surface area contributed by atoms with Crippen molar-refractivity contribution in [2.24, 2.45) is 0 Å². The first-order chi connectivity index (χ1) is 22.5. The van der Waals surface area contributed by atoms with Crippen LogP contribution in [0.3, 0.4) is 0 Å². The average molecular weight is 620 g/mol. The Kier molecular flexibility index (Phi) is 11.4. The van der Waals surface area contributed by atoms with Gasteiger partial charge >= 0.3 is 6.09 Å². The molecule has 10 heteroatoms. The Labute approximate surface area is 268 Å². The first-order valence-corrected chi connectivity index (χ1v) is 15.3. The molecule has 1 amide bonds. The molecule has 0 unspecified atom stereocenters. The number of ether oxygens (including phenoxy) is 3. The van der Waals surface area contributed by atoms with Gasteiger partial charge in [-0.25, -0.2) is 4.79 Å². The molecule has 0 bridgehead atoms. The number of rotatable bonds is 13. The number of benzene rings is 3. The lowest BCUT2D eigenvalue weighted by atomic mass is 9.82. The third kappa shape index (κ3) is 8.75. The number of aromatic nitrogens is 2. The van der Waals surface area contributed by atoms with Gasteiger partial charge in [0.05, 0.1) is 42.7 Å². The molecule has 4 aromatic rings. The molecule has 1 saturated heterocycles. The fourth-order valence-corrected chi connectivity index (χ4v) is 5.62. The number of carbonyl (C=O) groups excluding carboxylic acids is 2. The molecule has 0 spiro atoms. The van der Waals surface area contributed by atoms with Gasteiger partial charge in [0, 0.05) is 31.4 Å². The fourth-order valence-electron chi connectivity index (χ4n) is 5.62. The molecule has 5 rings (SSSR count). The molecule has 0 saturated carbocycles. The van der Waals surface area contributed by atoms with Crippen molar-refractivity contribution in [3.05, 3.63) is 125 Å². The molecule has 3 aromatic carbocycles. The quantitative estimate of drug-likeness (QED) is 0.223. The lowest BCUT2D eigenvalue weighted by Gasteiger charge is -2.31. The Balaban J connectivity index is 1.26. The normalized spacial score (nSPS) is 16.6. The summed E-state index contributed by atoms with van der Waals surface area (Å²) in [5.41, 5.74) is 3.64. The molecule has 236 valence electrons. The van der Waals surface area contributed by atoms with Crippen LogP contribution in [0.2, 0.25) is 0 Å². The summed E-state index contributed by atoms with van der Waals surface area (Å²) in [6.07, 6.45) is 3.50. The van der Waals surface area contributed by atoms with Gasteiger partial charge < -0.3 is 24.8 Å². The highest BCUT2D eigenvalue weighted by molar-refractivity contribution is 5.90. The summed E-state index contributed by atoms with van der Waals surface area (Å²) in [6, 6.07) is 27.5. The van der Waals surface area contributed by atoms with E-state index in [1.807, 2.05) is 60.7 Å². The van der Waals surface area contributed by atoms with Crippen molar-refractivity contribution in [1.82, 2.24) is 20.6 Å². The molecule has 1 aliphatic rings. The van der Waals surface area contributed by atoms with E-state index in [1.165, 1.54) is 7.11 Å². The van der Waals surface area contributed by atoms with E-state index >= 15 is 0 Å². The molecule has 1 aliphatic heterocycles. The van der Waals surface area contributed by atoms with Gasteiger partial charge in [-0.3, -0.25) is 14.8 Å². The number of ketones is 1. The number of alkyl carbamates (subject to hydrolysis) is 1. The van der Waals surface area contributed by atoms with Gasteiger partial charge in [-0.05, 0) is 48.2 Å². The zero-order chi connectivity index (χ0) is 32.1. The summed E-state index contributed by atoms with van der Waals surface area (Å²) in [5, 5.41) is 15.2. The lowest BCUT2D eigenvalue weighted by Crippen LogP contribution is -2.47. The van der Waals surface area contributed by atoms with E-state index in [-0.39, 0.29) is 24.4 Å². The number of hydrogen-bond acceptors (Lipinski definition) is 9. The number of Topliss-reactive ketones (excluding diaryl/α,β-unsaturated/α-hetero) is 1. The van der Waals surface area contributed by atoms with Crippen molar-refractivity contribution in [3.8, 4) is 11.8 Å². The van der Waals surface area contributed by atoms with E-state index < -0.39 is 18.1 Å². The van der Waals surface area contributed by atoms with E-state index in [0.717, 1.165) is 11.1 Å². The van der Waals surface area contributed by atoms with Gasteiger partial charge in [-0.2, -0.15) is 5.26 Å². The Morgan fingerprint density at radius 1 is 0.935 bits per heavy atom. The maximum absolute atomic E-state index is 14.1. The SMILES string of the molecule is COC(=O)N[C@H](C(=O)Cc1nccnc1CC[C@@H]1CNC[C@@H](COc2ccc(C#N)cc2)O1)C(c1ccccc1)c1ccccc1. The summed E-state index contributed by atoms with van der Waals surface area (Å²) in [5.74, 6) is 0.0278. The highest BCUT2D eigenvalue weighted by Gasteiger charge is 2.33. The van der Waals surface area contributed by atoms with Gasteiger partial charge in [-0.1, -0.05) is 60.7 Å². The minimum absolute atomic E-state index is 0.0150. The molecule has 1 fully saturated rings. The number of nitrogens with zero attached hydrogens (tertiary/aromatic N) is 3. The Bertz CT molecular complexity index is 1570. The number of hydrogen-bond donors (Lipinski definition) is 2. The zero-order valence-corrected chi connectivity index (χ0v) is 25.7. The topological polar surface area (TPSA) is 135 Å². The van der Waals surface area contributed by atoms with Crippen molar-refractivity contribution in [3.63, 3.8) is 0 Å². The average Bonchev–Trinajstić information content (AvgIpc) is 3.11. The number of aryl methyl sites for hydroxylation is 1. The minimum atomic E-state index is -0.908. The van der Waals surface area contributed by atoms with Crippen LogP contribution < -0.4 is 15.4 Å². The van der Waals surface area contributed by atoms with Gasteiger partial charge in [0.1, 0.15) is 24.5 Å². The van der Waals surface area contributed by atoms with Crippen LogP contribution in [0, 0.1) is 11.3 Å². The Morgan fingerprint density at radius 2 is 1.57 bits per heavy atom. The van der Waals surface area contributed by atoms with E-state index in [0.29, 0.717) is 55.2 Å². The lowest BCUT2D eigenvalue weighted by molar-refractivity contribution is -0.120. The molecule has 2 heterocycles. The molecular weight excluding hydrogens is 582 g/mol. The minimum Gasteiger partial charge on any atom is -0.491 e. The molecule has 0 aliphatic carbocycles. The molecular formula is C36H37N5O5. The van der Waals surface area contributed by atoms with Gasteiger partial charge in [0.2, 0.25) is 0 Å². The van der Waals surface area contributed by atoms with Crippen molar-refractivity contribution in [2.45, 2.75) is 43.4 Å². The van der Waals surface area contributed by atoms with Crippen LogP contribution in [-0.4, -0.2) is 66.9 Å². The molecule has 10 nitrogen and oxygen atoms in total. The fraction of sp³-hybridized carbons (Fsp3) is 0.306. The van der Waals surface area contributed by atoms with Crippen LogP contribution in [0.15, 0.2) is 97.3 Å². The van der Waals surface area contributed by atoms with Gasteiger partial charge in [0.25, 0.3) is 0 Å². The van der Waals surface area contributed by atoms with Crippen LogP contribution in [-0.2, 0) is 27.1 Å². The van der Waals surface area contributed by atoms with Gasteiger partial charge in [-0.15, -0.1) is 0 Å². The number of amides is 1. The summed E-state index contributed by atoms with van der Waals surface area (Å²) < 4.78 is 17.1. The van der Waals surface area contributed by atoms with E-state index in [4.69, 9.17) is 19.5 Å². The molecule has 1 aromatic heterocycles. The number of nitrogens with one attached hydrogen (secondary N) is 2. The van der Waals surface area contributed by atoms with Crippen molar-refractivity contribution < 1.29 is 23.8 Å². The second kappa shape index (κ2) is 16.3. The second-order valence-corrected chi connectivity index (χ2v) is 11.0. The summed E-state index contributed by atoms with van der Waals surface area (Å²) >= 11 is 0. The number of methoxy groups -OCH3 is 1. The van der Waals surface area contributed by atoms with Crippen molar-refractivity contribution in [1.29, 1.82) is 5.26 Å². The largest absolute Gasteiger partial charge is 0.491 e. The summed E-state index contributed by atoms with van der Waals surface area (Å²) in [6.45, 7) is 1.72. The van der Waals surface area contributed by atoms with E-state index in [1.54, 1.807) is 36.7 Å². The monoisotopic (exact) mass is 619 g/mol. The van der Waals surface area contributed by atoms with Crippen LogP contribution in [0.1, 0.15) is 40.4 Å². The molecule has 46 heavy (non-hydrogen) atoms. The van der Waals surface area contributed by atoms with E-state index in [2.05, 4.69) is 26.7 Å². The smallest absolute Gasteiger partial charge is 0.407 e. The van der Waals surface area contributed by atoms with Crippen LogP contribution in [0.5, 0.6) is 5.75 Å².